The molecule has 3 aromatic rings. The van der Waals surface area contributed by atoms with Crippen LogP contribution >= 0.6 is 0 Å². The van der Waals surface area contributed by atoms with Gasteiger partial charge in [0.25, 0.3) is 0 Å². The Balaban J connectivity index is 1.29. The summed E-state index contributed by atoms with van der Waals surface area (Å²) in [5.41, 5.74) is 1.42. The number of imide groups is 2. The summed E-state index contributed by atoms with van der Waals surface area (Å²) in [6.07, 6.45) is 2.99. The summed E-state index contributed by atoms with van der Waals surface area (Å²) in [4.78, 5) is 59.0. The van der Waals surface area contributed by atoms with E-state index in [4.69, 9.17) is 4.74 Å². The molecule has 6 atom stereocenters. The lowest BCUT2D eigenvalue weighted by Gasteiger charge is -2.49. The minimum Gasteiger partial charge on any atom is -0.508 e. The van der Waals surface area contributed by atoms with Crippen LogP contribution in [0.4, 0.5) is 5.69 Å². The maximum Gasteiger partial charge on any atom is 0.241 e. The fraction of sp³-hybridized carbons (Fsp3) is 0.333. The molecule has 2 heterocycles. The molecule has 0 radical (unpaired) electrons. The quantitative estimate of drug-likeness (QED) is 0.311. The van der Waals surface area contributed by atoms with Crippen molar-refractivity contribution in [1.29, 1.82) is 0 Å². The van der Waals surface area contributed by atoms with Crippen molar-refractivity contribution >= 4 is 29.3 Å². The topological polar surface area (TPSA) is 124 Å². The van der Waals surface area contributed by atoms with Gasteiger partial charge in [-0.2, -0.15) is 0 Å². The SMILES string of the molecule is COc1ccc(C2C3=CCC4C(=O)N(CCc5ccc(O)cc5)C(=O)C4C3CC3C(=O)N(c4ccccc4)C(=O)C32C)c(O)c1. The number of fused-ring (bicyclic) bond motifs is 4. The highest BCUT2D eigenvalue weighted by Crippen LogP contribution is 2.64. The molecule has 2 N–H and O–H groups in total. The Morgan fingerprint density at radius 1 is 0.889 bits per heavy atom. The molecule has 2 saturated heterocycles. The second-order valence-corrected chi connectivity index (χ2v) is 12.7. The van der Waals surface area contributed by atoms with Gasteiger partial charge in [-0.15, -0.1) is 0 Å². The zero-order valence-corrected chi connectivity index (χ0v) is 25.1. The number of para-hydroxylation sites is 1. The molecule has 3 aromatic carbocycles. The molecule has 0 bridgehead atoms. The van der Waals surface area contributed by atoms with Crippen LogP contribution in [0.1, 0.15) is 36.8 Å². The summed E-state index contributed by atoms with van der Waals surface area (Å²) >= 11 is 0. The van der Waals surface area contributed by atoms with Gasteiger partial charge >= 0.3 is 0 Å². The normalized spacial score (nSPS) is 28.9. The summed E-state index contributed by atoms with van der Waals surface area (Å²) in [6.45, 7) is 2.00. The van der Waals surface area contributed by atoms with Gasteiger partial charge in [0.15, 0.2) is 0 Å². The van der Waals surface area contributed by atoms with Gasteiger partial charge in [-0.1, -0.05) is 48.0 Å². The fourth-order valence-electron chi connectivity index (χ4n) is 8.27. The Hall–Kier alpha value is -4.92. The van der Waals surface area contributed by atoms with E-state index >= 15 is 0 Å². The van der Waals surface area contributed by atoms with Crippen LogP contribution in [0.15, 0.2) is 84.4 Å². The molecule has 9 nitrogen and oxygen atoms in total. The molecule has 45 heavy (non-hydrogen) atoms. The van der Waals surface area contributed by atoms with Crippen LogP contribution in [0.2, 0.25) is 0 Å². The van der Waals surface area contributed by atoms with Crippen molar-refractivity contribution in [3.63, 3.8) is 0 Å². The number of anilines is 1. The summed E-state index contributed by atoms with van der Waals surface area (Å²) in [7, 11) is 1.50. The second-order valence-electron chi connectivity index (χ2n) is 12.7. The zero-order chi connectivity index (χ0) is 31.6. The first-order valence-corrected chi connectivity index (χ1v) is 15.3. The number of rotatable bonds is 6. The van der Waals surface area contributed by atoms with Gasteiger partial charge in [-0.05, 0) is 68.0 Å². The molecule has 4 aliphatic rings. The van der Waals surface area contributed by atoms with Gasteiger partial charge in [0.2, 0.25) is 23.6 Å². The monoisotopic (exact) mass is 606 g/mol. The summed E-state index contributed by atoms with van der Waals surface area (Å²) in [5, 5.41) is 20.9. The van der Waals surface area contributed by atoms with Gasteiger partial charge in [0, 0.05) is 24.1 Å². The van der Waals surface area contributed by atoms with Crippen molar-refractivity contribution < 1.29 is 34.1 Å². The van der Waals surface area contributed by atoms with Crippen molar-refractivity contribution in [3.05, 3.63) is 95.6 Å². The summed E-state index contributed by atoms with van der Waals surface area (Å²) in [5.74, 6) is -3.82. The fourth-order valence-corrected chi connectivity index (χ4v) is 8.27. The maximum absolute atomic E-state index is 14.4. The van der Waals surface area contributed by atoms with E-state index in [9.17, 15) is 29.4 Å². The Morgan fingerprint density at radius 3 is 2.31 bits per heavy atom. The third-order valence-electron chi connectivity index (χ3n) is 10.5. The van der Waals surface area contributed by atoms with Crippen molar-refractivity contribution in [2.45, 2.75) is 32.1 Å². The minimum atomic E-state index is -1.24. The van der Waals surface area contributed by atoms with Crippen LogP contribution in [0.5, 0.6) is 17.2 Å². The molecule has 6 unspecified atom stereocenters. The predicted octanol–water partition coefficient (Wildman–Crippen LogP) is 4.58. The number of hydrogen-bond donors (Lipinski definition) is 2. The Morgan fingerprint density at radius 2 is 1.62 bits per heavy atom. The highest BCUT2D eigenvalue weighted by atomic mass is 16.5. The van der Waals surface area contributed by atoms with Gasteiger partial charge in [-0.25, -0.2) is 4.90 Å². The van der Waals surface area contributed by atoms with Crippen molar-refractivity contribution in [3.8, 4) is 17.2 Å². The number of phenolic OH excluding ortho intramolecular Hbond substituents is 2. The largest absolute Gasteiger partial charge is 0.508 e. The number of nitrogens with zero attached hydrogens (tertiary/aromatic N) is 2. The lowest BCUT2D eigenvalue weighted by Crippen LogP contribution is -2.48. The molecule has 230 valence electrons. The number of hydrogen-bond acceptors (Lipinski definition) is 7. The molecule has 9 heteroatoms. The van der Waals surface area contributed by atoms with E-state index in [1.165, 1.54) is 23.0 Å². The number of carbonyl (C=O) groups is 4. The molecule has 0 aromatic heterocycles. The predicted molar refractivity (Wildman–Crippen MR) is 164 cm³/mol. The van der Waals surface area contributed by atoms with E-state index in [2.05, 4.69) is 0 Å². The molecular weight excluding hydrogens is 572 g/mol. The first kappa shape index (κ1) is 28.8. The molecule has 0 spiro atoms. The van der Waals surface area contributed by atoms with E-state index in [0.29, 0.717) is 29.8 Å². The average molecular weight is 607 g/mol. The van der Waals surface area contributed by atoms with Gasteiger partial charge < -0.3 is 14.9 Å². The zero-order valence-electron chi connectivity index (χ0n) is 25.1. The molecule has 2 aliphatic carbocycles. The second kappa shape index (κ2) is 10.6. The molecule has 2 aliphatic heterocycles. The smallest absolute Gasteiger partial charge is 0.241 e. The number of carbonyl (C=O) groups excluding carboxylic acids is 4. The number of benzene rings is 3. The first-order valence-electron chi connectivity index (χ1n) is 15.3. The van der Waals surface area contributed by atoms with Crippen LogP contribution in [0.3, 0.4) is 0 Å². The standard InChI is InChI=1S/C36H34N2O7/c1-36-28(33(42)38(35(36)44)21-6-4-3-5-7-21)19-27-24(31(36)25-13-12-23(45-2)18-29(25)40)14-15-26-30(27)34(43)37(32(26)41)17-16-20-8-10-22(39)11-9-20/h3-14,18,26-28,30-31,39-40H,15-17,19H2,1-2H3. The van der Waals surface area contributed by atoms with Gasteiger partial charge in [0.1, 0.15) is 17.2 Å². The van der Waals surface area contributed by atoms with Crippen LogP contribution in [0.25, 0.3) is 0 Å². The van der Waals surface area contributed by atoms with Gasteiger partial charge in [-0.3, -0.25) is 24.1 Å². The number of likely N-dealkylation sites (tertiary alicyclic amines) is 1. The van der Waals surface area contributed by atoms with Crippen molar-refractivity contribution in [2.75, 3.05) is 18.6 Å². The number of methoxy groups -OCH3 is 1. The molecule has 4 amide bonds. The van der Waals surface area contributed by atoms with Crippen molar-refractivity contribution in [1.82, 2.24) is 4.90 Å². The molecule has 7 rings (SSSR count). The highest BCUT2D eigenvalue weighted by Gasteiger charge is 2.67. The maximum atomic E-state index is 14.4. The number of phenols is 2. The lowest BCUT2D eigenvalue weighted by atomic mass is 9.51. The number of amides is 4. The molecule has 1 saturated carbocycles. The van der Waals surface area contributed by atoms with Crippen LogP contribution in [0, 0.1) is 29.1 Å². The van der Waals surface area contributed by atoms with Crippen molar-refractivity contribution in [2.24, 2.45) is 29.1 Å². The highest BCUT2D eigenvalue weighted by molar-refractivity contribution is 6.24. The average Bonchev–Trinajstić information content (AvgIpc) is 3.40. The molecule has 3 fully saturated rings. The van der Waals surface area contributed by atoms with E-state index in [-0.39, 0.29) is 48.1 Å². The van der Waals surface area contributed by atoms with Crippen LogP contribution in [-0.2, 0) is 25.6 Å². The van der Waals surface area contributed by atoms with Crippen LogP contribution in [-0.4, -0.2) is 52.4 Å². The van der Waals surface area contributed by atoms with E-state index in [1.54, 1.807) is 67.6 Å². The lowest BCUT2D eigenvalue weighted by molar-refractivity contribution is -0.140. The van der Waals surface area contributed by atoms with E-state index in [0.717, 1.165) is 11.1 Å². The Kier molecular flexibility index (Phi) is 6.80. The van der Waals surface area contributed by atoms with Gasteiger partial charge in [0.05, 0.1) is 36.0 Å². The summed E-state index contributed by atoms with van der Waals surface area (Å²) in [6, 6.07) is 20.4. The summed E-state index contributed by atoms with van der Waals surface area (Å²) < 4.78 is 5.32. The number of allylic oxidation sites excluding steroid dienone is 2. The Bertz CT molecular complexity index is 1750. The third kappa shape index (κ3) is 4.28. The Labute approximate surface area is 260 Å². The van der Waals surface area contributed by atoms with E-state index in [1.807, 2.05) is 12.1 Å². The molecular formula is C36H34N2O7. The first-order chi connectivity index (χ1) is 21.6. The van der Waals surface area contributed by atoms with E-state index < -0.39 is 35.0 Å². The number of ether oxygens (including phenoxy) is 1. The third-order valence-corrected chi connectivity index (χ3v) is 10.5. The van der Waals surface area contributed by atoms with Crippen LogP contribution < -0.4 is 9.64 Å². The number of aromatic hydroxyl groups is 2. The minimum absolute atomic E-state index is 0.0641.